The van der Waals surface area contributed by atoms with E-state index in [-0.39, 0.29) is 10.7 Å². The molecule has 5 rings (SSSR count). The molecule has 1 aliphatic carbocycles. The van der Waals surface area contributed by atoms with Crippen LogP contribution in [-0.4, -0.2) is 22.3 Å². The molecule has 1 saturated heterocycles. The number of fused-ring (bicyclic) bond motifs is 1. The molecule has 1 heterocycles. The lowest BCUT2D eigenvalue weighted by molar-refractivity contribution is -0.527. The second-order valence-corrected chi connectivity index (χ2v) is 8.91. The number of carbonyl (C=O) groups excluding carboxylic acids is 1. The summed E-state index contributed by atoms with van der Waals surface area (Å²) in [6.07, 6.45) is 0.419. The van der Waals surface area contributed by atoms with E-state index in [0.29, 0.717) is 17.0 Å². The molecule has 0 radical (unpaired) electrons. The van der Waals surface area contributed by atoms with E-state index >= 15 is 0 Å². The second kappa shape index (κ2) is 7.29. The van der Waals surface area contributed by atoms with Crippen LogP contribution in [0.3, 0.4) is 0 Å². The molecule has 156 valence electrons. The average molecular weight is 433 g/mol. The molecule has 0 saturated carbocycles. The van der Waals surface area contributed by atoms with Gasteiger partial charge in [-0.05, 0) is 42.2 Å². The van der Waals surface area contributed by atoms with Crippen LogP contribution in [0, 0.1) is 17.0 Å². The van der Waals surface area contributed by atoms with Crippen molar-refractivity contribution < 1.29 is 9.72 Å². The fourth-order valence-electron chi connectivity index (χ4n) is 5.27. The number of Topliss-reactive ketones (excluding diaryl/α,β-unsaturated/α-hetero) is 1. The summed E-state index contributed by atoms with van der Waals surface area (Å²) in [7, 11) is 0. The number of halogens is 1. The fourth-order valence-corrected chi connectivity index (χ4v) is 5.40. The van der Waals surface area contributed by atoms with Crippen molar-refractivity contribution in [1.29, 1.82) is 0 Å². The summed E-state index contributed by atoms with van der Waals surface area (Å²) in [4.78, 5) is 26.0. The first-order chi connectivity index (χ1) is 14.9. The Kier molecular flexibility index (Phi) is 4.68. The average Bonchev–Trinajstić information content (AvgIpc) is 3.25. The molecule has 1 aliphatic heterocycles. The molecular weight excluding hydrogens is 412 g/mol. The highest BCUT2D eigenvalue weighted by Crippen LogP contribution is 2.51. The summed E-state index contributed by atoms with van der Waals surface area (Å²) < 4.78 is 0. The first-order valence-electron chi connectivity index (χ1n) is 10.3. The molecule has 5 nitrogen and oxygen atoms in total. The normalized spacial score (nSPS) is 26.9. The maximum atomic E-state index is 13.8. The molecule has 0 amide bonds. The lowest BCUT2D eigenvalue weighted by atomic mass is 9.75. The van der Waals surface area contributed by atoms with Gasteiger partial charge in [-0.15, -0.1) is 0 Å². The van der Waals surface area contributed by atoms with Gasteiger partial charge in [0.25, 0.3) is 0 Å². The zero-order valence-electron chi connectivity index (χ0n) is 16.9. The van der Waals surface area contributed by atoms with Crippen molar-refractivity contribution in [2.45, 2.75) is 36.9 Å². The molecule has 0 aromatic heterocycles. The molecule has 3 aromatic rings. The Bertz CT molecular complexity index is 1180. The molecule has 0 bridgehead atoms. The Morgan fingerprint density at radius 1 is 1.00 bits per heavy atom. The number of hydrogen-bond acceptors (Lipinski definition) is 4. The molecule has 1 fully saturated rings. The van der Waals surface area contributed by atoms with Gasteiger partial charge in [-0.3, -0.25) is 20.2 Å². The zero-order valence-corrected chi connectivity index (χ0v) is 17.7. The third-order valence-corrected chi connectivity index (χ3v) is 6.92. The highest BCUT2D eigenvalue weighted by Gasteiger charge is 2.65. The van der Waals surface area contributed by atoms with Crippen LogP contribution in [0.5, 0.6) is 0 Å². The fraction of sp³-hybridized carbons (Fsp3) is 0.240. The minimum Gasteiger partial charge on any atom is -0.292 e. The Hall–Kier alpha value is -3.02. The monoisotopic (exact) mass is 432 g/mol. The second-order valence-electron chi connectivity index (χ2n) is 8.47. The zero-order chi connectivity index (χ0) is 21.8. The van der Waals surface area contributed by atoms with Crippen LogP contribution in [0.25, 0.3) is 0 Å². The molecule has 31 heavy (non-hydrogen) atoms. The summed E-state index contributed by atoms with van der Waals surface area (Å²) in [6.45, 7) is 1.98. The standard InChI is InChI=1S/C25H21ClN2O3/c1-15-6-8-17(9-7-15)22-23(28(30)31)21(16-10-12-19(26)13-11-16)25(27-22)14-18-4-2-3-5-20(18)24(25)29/h2-13,21-23,27H,14H2,1H3/t21-,22-,23-,25-/m0/s1. The Morgan fingerprint density at radius 3 is 2.29 bits per heavy atom. The SMILES string of the molecule is Cc1ccc([C@@H]2N[C@@]3(Cc4ccccc4C3=O)[C@@H](c3ccc(Cl)cc3)[C@@H]2[N+](=O)[O-])cc1. The van der Waals surface area contributed by atoms with Gasteiger partial charge in [-0.1, -0.05) is 77.8 Å². The molecule has 1 spiro atoms. The molecule has 3 aromatic carbocycles. The molecule has 2 aliphatic rings. The van der Waals surface area contributed by atoms with Crippen molar-refractivity contribution in [3.8, 4) is 0 Å². The number of hydrogen-bond donors (Lipinski definition) is 1. The summed E-state index contributed by atoms with van der Waals surface area (Å²) in [6, 6.07) is 20.7. The number of carbonyl (C=O) groups is 1. The van der Waals surface area contributed by atoms with Gasteiger partial charge in [0.2, 0.25) is 6.04 Å². The van der Waals surface area contributed by atoms with E-state index in [4.69, 9.17) is 11.6 Å². The van der Waals surface area contributed by atoms with Crippen molar-refractivity contribution in [3.63, 3.8) is 0 Å². The Balaban J connectivity index is 1.70. The quantitative estimate of drug-likeness (QED) is 0.472. The summed E-state index contributed by atoms with van der Waals surface area (Å²) in [5, 5.41) is 16.5. The number of benzene rings is 3. The van der Waals surface area contributed by atoms with Crippen LogP contribution >= 0.6 is 11.6 Å². The minimum atomic E-state index is -1.08. The van der Waals surface area contributed by atoms with E-state index in [0.717, 1.165) is 22.3 Å². The van der Waals surface area contributed by atoms with Gasteiger partial charge in [0, 0.05) is 15.5 Å². The van der Waals surface area contributed by atoms with E-state index in [1.165, 1.54) is 0 Å². The van der Waals surface area contributed by atoms with Crippen molar-refractivity contribution in [1.82, 2.24) is 5.32 Å². The first-order valence-corrected chi connectivity index (χ1v) is 10.6. The number of aryl methyl sites for hydroxylation is 1. The van der Waals surface area contributed by atoms with Crippen LogP contribution in [0.15, 0.2) is 72.8 Å². The Labute approximate surface area is 185 Å². The first kappa shape index (κ1) is 19.9. The van der Waals surface area contributed by atoms with Gasteiger partial charge in [0.05, 0.1) is 5.92 Å². The van der Waals surface area contributed by atoms with E-state index < -0.39 is 23.5 Å². The highest BCUT2D eigenvalue weighted by atomic mass is 35.5. The third-order valence-electron chi connectivity index (χ3n) is 6.67. The lowest BCUT2D eigenvalue weighted by Crippen LogP contribution is -2.50. The lowest BCUT2D eigenvalue weighted by Gasteiger charge is -2.29. The summed E-state index contributed by atoms with van der Waals surface area (Å²) in [5.41, 5.74) is 3.12. The maximum Gasteiger partial charge on any atom is 0.241 e. The smallest absolute Gasteiger partial charge is 0.241 e. The topological polar surface area (TPSA) is 72.2 Å². The summed E-state index contributed by atoms with van der Waals surface area (Å²) in [5.74, 6) is -0.713. The Morgan fingerprint density at radius 2 is 1.65 bits per heavy atom. The number of ketones is 1. The van der Waals surface area contributed by atoms with E-state index in [1.807, 2.05) is 55.5 Å². The molecule has 6 heteroatoms. The number of nitrogens with zero attached hydrogens (tertiary/aromatic N) is 1. The number of nitrogens with one attached hydrogen (secondary N) is 1. The maximum absolute atomic E-state index is 13.8. The predicted octanol–water partition coefficient (Wildman–Crippen LogP) is 4.90. The van der Waals surface area contributed by atoms with Gasteiger partial charge >= 0.3 is 0 Å². The molecular formula is C25H21ClN2O3. The van der Waals surface area contributed by atoms with E-state index in [1.54, 1.807) is 24.3 Å². The van der Waals surface area contributed by atoms with Crippen LogP contribution < -0.4 is 5.32 Å². The number of nitro groups is 1. The van der Waals surface area contributed by atoms with Gasteiger partial charge in [-0.2, -0.15) is 0 Å². The van der Waals surface area contributed by atoms with E-state index in [9.17, 15) is 14.9 Å². The van der Waals surface area contributed by atoms with Crippen LogP contribution in [0.4, 0.5) is 0 Å². The highest BCUT2D eigenvalue weighted by molar-refractivity contribution is 6.30. The van der Waals surface area contributed by atoms with Gasteiger partial charge in [0.1, 0.15) is 11.6 Å². The molecule has 4 atom stereocenters. The van der Waals surface area contributed by atoms with Crippen molar-refractivity contribution in [2.24, 2.45) is 0 Å². The minimum absolute atomic E-state index is 0.0792. The third kappa shape index (κ3) is 3.08. The van der Waals surface area contributed by atoms with E-state index in [2.05, 4.69) is 5.32 Å². The largest absolute Gasteiger partial charge is 0.292 e. The van der Waals surface area contributed by atoms with Crippen LogP contribution in [0.2, 0.25) is 5.02 Å². The number of rotatable bonds is 3. The van der Waals surface area contributed by atoms with Crippen LogP contribution in [0.1, 0.15) is 44.6 Å². The van der Waals surface area contributed by atoms with Crippen LogP contribution in [-0.2, 0) is 6.42 Å². The molecule has 0 unspecified atom stereocenters. The van der Waals surface area contributed by atoms with Crippen molar-refractivity contribution >= 4 is 17.4 Å². The predicted molar refractivity (Wildman–Crippen MR) is 119 cm³/mol. The molecule has 1 N–H and O–H groups in total. The van der Waals surface area contributed by atoms with Gasteiger partial charge in [0.15, 0.2) is 5.78 Å². The van der Waals surface area contributed by atoms with Crippen molar-refractivity contribution in [3.05, 3.63) is 116 Å². The van der Waals surface area contributed by atoms with Gasteiger partial charge in [-0.25, -0.2) is 0 Å². The van der Waals surface area contributed by atoms with Crippen molar-refractivity contribution in [2.75, 3.05) is 0 Å². The summed E-state index contributed by atoms with van der Waals surface area (Å²) >= 11 is 6.09. The van der Waals surface area contributed by atoms with Gasteiger partial charge < -0.3 is 0 Å².